The summed E-state index contributed by atoms with van der Waals surface area (Å²) in [6.45, 7) is 9.78. The summed E-state index contributed by atoms with van der Waals surface area (Å²) >= 11 is 0. The molecule has 5 nitrogen and oxygen atoms in total. The van der Waals surface area contributed by atoms with Gasteiger partial charge in [0.25, 0.3) is 0 Å². The summed E-state index contributed by atoms with van der Waals surface area (Å²) in [6, 6.07) is 0. The highest BCUT2D eigenvalue weighted by atomic mass is 16.6. The van der Waals surface area contributed by atoms with Gasteiger partial charge >= 0.3 is 6.09 Å². The van der Waals surface area contributed by atoms with E-state index in [0.717, 1.165) is 6.29 Å². The molecule has 1 aliphatic heterocycles. The second kappa shape index (κ2) is 4.64. The molecule has 2 atom stereocenters. The molecule has 1 amide bonds. The minimum absolute atomic E-state index is 0.206. The molecule has 0 aliphatic carbocycles. The minimum atomic E-state index is -0.940. The summed E-state index contributed by atoms with van der Waals surface area (Å²) in [5.41, 5.74) is -1.21. The van der Waals surface area contributed by atoms with Crippen molar-refractivity contribution in [3.05, 3.63) is 0 Å². The maximum Gasteiger partial charge on any atom is 0.412 e. The topological polar surface area (TPSA) is 55.8 Å². The molecule has 0 bridgehead atoms. The van der Waals surface area contributed by atoms with Gasteiger partial charge in [-0.3, -0.25) is 4.90 Å². The first-order valence-electron chi connectivity index (χ1n) is 5.80. The second-order valence-corrected chi connectivity index (χ2v) is 5.57. The van der Waals surface area contributed by atoms with Crippen LogP contribution in [0.25, 0.3) is 0 Å². The van der Waals surface area contributed by atoms with Crippen molar-refractivity contribution < 1.29 is 19.1 Å². The predicted octanol–water partition coefficient (Wildman–Crippen LogP) is 1.80. The Hall–Kier alpha value is -1.10. The quantitative estimate of drug-likeness (QED) is 0.694. The van der Waals surface area contributed by atoms with Crippen molar-refractivity contribution in [2.75, 3.05) is 13.2 Å². The molecule has 1 heterocycles. The smallest absolute Gasteiger partial charge is 0.412 e. The lowest BCUT2D eigenvalue weighted by Crippen LogP contribution is -2.54. The lowest BCUT2D eigenvalue weighted by Gasteiger charge is -2.37. The van der Waals surface area contributed by atoms with Gasteiger partial charge in [0.05, 0.1) is 13.2 Å². The first-order valence-corrected chi connectivity index (χ1v) is 5.80. The zero-order valence-corrected chi connectivity index (χ0v) is 11.1. The molecule has 17 heavy (non-hydrogen) atoms. The minimum Gasteiger partial charge on any atom is -0.450 e. The van der Waals surface area contributed by atoms with Crippen LogP contribution in [0.5, 0.6) is 0 Å². The van der Waals surface area contributed by atoms with Gasteiger partial charge in [-0.15, -0.1) is 0 Å². The standard InChI is InChI=1S/C12H21NO4/c1-6-16-10(15)13-9(11(2,3)4)17-8-12(13,5)7-14/h7,9H,6,8H2,1-5H3. The molecule has 0 radical (unpaired) electrons. The van der Waals surface area contributed by atoms with Gasteiger partial charge in [0.15, 0.2) is 0 Å². The maximum atomic E-state index is 11.9. The molecule has 98 valence electrons. The van der Waals surface area contributed by atoms with Crippen molar-refractivity contribution >= 4 is 12.4 Å². The molecule has 0 aromatic heterocycles. The molecular formula is C12H21NO4. The number of carbonyl (C=O) groups is 2. The molecule has 1 aliphatic rings. The Morgan fingerprint density at radius 2 is 2.18 bits per heavy atom. The van der Waals surface area contributed by atoms with E-state index >= 15 is 0 Å². The van der Waals surface area contributed by atoms with Crippen LogP contribution in [-0.4, -0.2) is 42.3 Å². The predicted molar refractivity (Wildman–Crippen MR) is 62.5 cm³/mol. The van der Waals surface area contributed by atoms with E-state index in [2.05, 4.69) is 0 Å². The largest absolute Gasteiger partial charge is 0.450 e. The van der Waals surface area contributed by atoms with E-state index < -0.39 is 17.9 Å². The van der Waals surface area contributed by atoms with E-state index in [4.69, 9.17) is 9.47 Å². The number of ether oxygens (including phenoxy) is 2. The third-order valence-corrected chi connectivity index (χ3v) is 2.78. The van der Waals surface area contributed by atoms with Gasteiger partial charge in [0, 0.05) is 5.41 Å². The zero-order valence-electron chi connectivity index (χ0n) is 11.1. The number of carbonyl (C=O) groups excluding carboxylic acids is 2. The molecule has 0 aromatic rings. The van der Waals surface area contributed by atoms with Crippen molar-refractivity contribution in [2.45, 2.75) is 46.4 Å². The van der Waals surface area contributed by atoms with Crippen LogP contribution < -0.4 is 0 Å². The molecular weight excluding hydrogens is 222 g/mol. The van der Waals surface area contributed by atoms with Crippen LogP contribution in [0.4, 0.5) is 4.79 Å². The monoisotopic (exact) mass is 243 g/mol. The van der Waals surface area contributed by atoms with E-state index in [-0.39, 0.29) is 18.6 Å². The summed E-state index contributed by atoms with van der Waals surface area (Å²) < 4.78 is 10.6. The summed E-state index contributed by atoms with van der Waals surface area (Å²) in [7, 11) is 0. The summed E-state index contributed by atoms with van der Waals surface area (Å²) in [6.07, 6.45) is -0.202. The van der Waals surface area contributed by atoms with Crippen molar-refractivity contribution in [2.24, 2.45) is 5.41 Å². The van der Waals surface area contributed by atoms with Crippen LogP contribution in [-0.2, 0) is 14.3 Å². The highest BCUT2D eigenvalue weighted by molar-refractivity contribution is 5.77. The van der Waals surface area contributed by atoms with Crippen LogP contribution >= 0.6 is 0 Å². The zero-order chi connectivity index (χ0) is 13.3. The Kier molecular flexibility index (Phi) is 3.81. The summed E-state index contributed by atoms with van der Waals surface area (Å²) in [5.74, 6) is 0. The van der Waals surface area contributed by atoms with Crippen molar-refractivity contribution in [3.8, 4) is 0 Å². The third-order valence-electron chi connectivity index (χ3n) is 2.78. The van der Waals surface area contributed by atoms with Crippen LogP contribution in [0.3, 0.4) is 0 Å². The third kappa shape index (κ3) is 2.60. The second-order valence-electron chi connectivity index (χ2n) is 5.57. The van der Waals surface area contributed by atoms with Gasteiger partial charge < -0.3 is 14.3 Å². The Labute approximate surface area is 102 Å². The fourth-order valence-corrected chi connectivity index (χ4v) is 1.88. The molecule has 0 saturated carbocycles. The Bertz CT molecular complexity index is 310. The van der Waals surface area contributed by atoms with E-state index in [1.54, 1.807) is 13.8 Å². The number of aldehydes is 1. The van der Waals surface area contributed by atoms with Gasteiger partial charge in [-0.1, -0.05) is 20.8 Å². The number of hydrogen-bond acceptors (Lipinski definition) is 4. The van der Waals surface area contributed by atoms with Gasteiger partial charge in [0.1, 0.15) is 18.1 Å². The number of nitrogens with zero attached hydrogens (tertiary/aromatic N) is 1. The van der Waals surface area contributed by atoms with Crippen LogP contribution in [0.2, 0.25) is 0 Å². The van der Waals surface area contributed by atoms with E-state index in [9.17, 15) is 9.59 Å². The highest BCUT2D eigenvalue weighted by Crippen LogP contribution is 2.36. The van der Waals surface area contributed by atoms with Crippen LogP contribution in [0, 0.1) is 5.41 Å². The maximum absolute atomic E-state index is 11.9. The molecule has 1 rings (SSSR count). The first-order chi connectivity index (χ1) is 7.76. The van der Waals surface area contributed by atoms with Crippen molar-refractivity contribution in [1.29, 1.82) is 0 Å². The number of hydrogen-bond donors (Lipinski definition) is 0. The molecule has 0 N–H and O–H groups in total. The molecule has 0 spiro atoms. The van der Waals surface area contributed by atoms with Gasteiger partial charge in [-0.2, -0.15) is 0 Å². The lowest BCUT2D eigenvalue weighted by atomic mass is 9.92. The average Bonchev–Trinajstić information content (AvgIpc) is 2.57. The first kappa shape index (κ1) is 14.0. The molecule has 2 unspecified atom stereocenters. The van der Waals surface area contributed by atoms with Crippen molar-refractivity contribution in [3.63, 3.8) is 0 Å². The Morgan fingerprint density at radius 1 is 1.59 bits per heavy atom. The molecule has 1 fully saturated rings. The highest BCUT2D eigenvalue weighted by Gasteiger charge is 2.51. The fourth-order valence-electron chi connectivity index (χ4n) is 1.88. The van der Waals surface area contributed by atoms with Gasteiger partial charge in [0.2, 0.25) is 0 Å². The molecule has 0 aromatic carbocycles. The van der Waals surface area contributed by atoms with E-state index in [1.807, 2.05) is 20.8 Å². The summed E-state index contributed by atoms with van der Waals surface area (Å²) in [4.78, 5) is 24.5. The van der Waals surface area contributed by atoms with E-state index in [1.165, 1.54) is 4.90 Å². The normalized spacial score (nSPS) is 29.2. The number of rotatable bonds is 2. The average molecular weight is 243 g/mol. The van der Waals surface area contributed by atoms with Crippen LogP contribution in [0.1, 0.15) is 34.6 Å². The number of amides is 1. The van der Waals surface area contributed by atoms with Crippen LogP contribution in [0.15, 0.2) is 0 Å². The van der Waals surface area contributed by atoms with Gasteiger partial charge in [-0.05, 0) is 13.8 Å². The summed E-state index contributed by atoms with van der Waals surface area (Å²) in [5, 5.41) is 0. The lowest BCUT2D eigenvalue weighted by molar-refractivity contribution is -0.116. The molecule has 5 heteroatoms. The van der Waals surface area contributed by atoms with Crippen molar-refractivity contribution in [1.82, 2.24) is 4.90 Å². The SMILES string of the molecule is CCOC(=O)N1C(C(C)(C)C)OCC1(C)C=O. The Morgan fingerprint density at radius 3 is 2.59 bits per heavy atom. The van der Waals surface area contributed by atoms with E-state index in [0.29, 0.717) is 0 Å². The molecule has 1 saturated heterocycles. The fraction of sp³-hybridized carbons (Fsp3) is 0.833. The van der Waals surface area contributed by atoms with Gasteiger partial charge in [-0.25, -0.2) is 4.79 Å². The Balaban J connectivity index is 3.03.